The van der Waals surface area contributed by atoms with Gasteiger partial charge in [0.1, 0.15) is 11.4 Å². The summed E-state index contributed by atoms with van der Waals surface area (Å²) in [5.41, 5.74) is 5.16. The monoisotopic (exact) mass is 278 g/mol. The average molecular weight is 279 g/mol. The van der Waals surface area contributed by atoms with E-state index in [0.29, 0.717) is 0 Å². The zero-order chi connectivity index (χ0) is 12.9. The van der Waals surface area contributed by atoms with Crippen molar-refractivity contribution < 1.29 is 0 Å². The number of rotatable bonds is 0. The van der Waals surface area contributed by atoms with Gasteiger partial charge in [-0.3, -0.25) is 4.48 Å². The molecule has 0 radical (unpaired) electrons. The van der Waals surface area contributed by atoms with E-state index in [4.69, 9.17) is 23.2 Å². The highest BCUT2D eigenvalue weighted by molar-refractivity contribution is 6.31. The molecule has 0 saturated heterocycles. The number of benzene rings is 2. The molecule has 0 atom stereocenters. The Balaban J connectivity index is 2.25. The van der Waals surface area contributed by atoms with E-state index in [1.807, 2.05) is 12.1 Å². The van der Waals surface area contributed by atoms with Gasteiger partial charge in [0.05, 0.1) is 14.1 Å². The Labute approximate surface area is 117 Å². The molecule has 2 aromatic carbocycles. The molecule has 1 nitrogen and oxygen atoms in total. The topological polar surface area (TPSA) is 0 Å². The number of hydrogen-bond acceptors (Lipinski definition) is 0. The number of fused-ring (bicyclic) bond motifs is 2. The fourth-order valence-corrected chi connectivity index (χ4v) is 3.21. The molecule has 18 heavy (non-hydrogen) atoms. The van der Waals surface area contributed by atoms with Crippen molar-refractivity contribution in [3.63, 3.8) is 0 Å². The molecule has 2 aromatic rings. The second kappa shape index (κ2) is 3.99. The predicted molar refractivity (Wildman–Crippen MR) is 79.0 cm³/mol. The fourth-order valence-electron chi connectivity index (χ4n) is 2.82. The third-order valence-electron chi connectivity index (χ3n) is 3.67. The van der Waals surface area contributed by atoms with E-state index in [-0.39, 0.29) is 0 Å². The highest BCUT2D eigenvalue weighted by Gasteiger charge is 2.33. The van der Waals surface area contributed by atoms with E-state index >= 15 is 0 Å². The van der Waals surface area contributed by atoms with Crippen LogP contribution < -0.4 is 4.48 Å². The fraction of sp³-hybridized carbons (Fsp3) is 0.200. The van der Waals surface area contributed by atoms with Gasteiger partial charge in [0.15, 0.2) is 0 Å². The second-order valence-electron chi connectivity index (χ2n) is 5.18. The van der Waals surface area contributed by atoms with Gasteiger partial charge in [0.2, 0.25) is 0 Å². The van der Waals surface area contributed by atoms with Gasteiger partial charge >= 0.3 is 0 Å². The van der Waals surface area contributed by atoms with Crippen LogP contribution in [0.3, 0.4) is 0 Å². The van der Waals surface area contributed by atoms with Crippen LogP contribution in [0.1, 0.15) is 11.1 Å². The lowest BCUT2D eigenvalue weighted by Gasteiger charge is -2.36. The molecule has 3 rings (SSSR count). The van der Waals surface area contributed by atoms with Gasteiger partial charge in [0.25, 0.3) is 0 Å². The molecule has 3 heteroatoms. The number of halogens is 2. The van der Waals surface area contributed by atoms with Gasteiger partial charge < -0.3 is 0 Å². The Morgan fingerprint density at radius 1 is 0.833 bits per heavy atom. The van der Waals surface area contributed by atoms with Gasteiger partial charge in [-0.25, -0.2) is 0 Å². The second-order valence-corrected chi connectivity index (χ2v) is 6.05. The lowest BCUT2D eigenvalue weighted by molar-refractivity contribution is 0.536. The van der Waals surface area contributed by atoms with E-state index in [1.165, 1.54) is 22.5 Å². The van der Waals surface area contributed by atoms with Crippen molar-refractivity contribution in [3.05, 3.63) is 57.6 Å². The van der Waals surface area contributed by atoms with E-state index in [0.717, 1.165) is 20.9 Å². The van der Waals surface area contributed by atoms with Crippen LogP contribution in [-0.4, -0.2) is 14.1 Å². The average Bonchev–Trinajstić information content (AvgIpc) is 2.27. The van der Waals surface area contributed by atoms with E-state index in [9.17, 15) is 0 Å². The summed E-state index contributed by atoms with van der Waals surface area (Å²) in [6, 6.07) is 12.3. The predicted octanol–water partition coefficient (Wildman–Crippen LogP) is 4.80. The maximum absolute atomic E-state index is 6.10. The maximum atomic E-state index is 6.10. The van der Waals surface area contributed by atoms with E-state index < -0.39 is 0 Å². The molecule has 0 aromatic heterocycles. The molecule has 0 fully saturated rings. The maximum Gasteiger partial charge on any atom is 0.141 e. The zero-order valence-corrected chi connectivity index (χ0v) is 11.9. The van der Waals surface area contributed by atoms with Crippen molar-refractivity contribution in [1.29, 1.82) is 0 Å². The summed E-state index contributed by atoms with van der Waals surface area (Å²) in [6.45, 7) is 0. The molecular formula is C15H14Cl2N+. The molecule has 1 aliphatic heterocycles. The minimum Gasteiger partial charge on any atom is -0.263 e. The molecule has 1 aliphatic rings. The van der Waals surface area contributed by atoms with Gasteiger partial charge in [-0.1, -0.05) is 23.2 Å². The van der Waals surface area contributed by atoms with E-state index in [1.54, 1.807) is 0 Å². The van der Waals surface area contributed by atoms with Crippen molar-refractivity contribution in [2.24, 2.45) is 0 Å². The summed E-state index contributed by atoms with van der Waals surface area (Å²) < 4.78 is 0.735. The summed E-state index contributed by atoms with van der Waals surface area (Å²) in [6.07, 6.45) is 0.896. The molecule has 92 valence electrons. The number of quaternary nitrogens is 1. The minimum atomic E-state index is 0.735. The molecule has 0 saturated carbocycles. The number of hydrogen-bond donors (Lipinski definition) is 0. The van der Waals surface area contributed by atoms with Crippen LogP contribution in [0.4, 0.5) is 11.4 Å². The smallest absolute Gasteiger partial charge is 0.141 e. The largest absolute Gasteiger partial charge is 0.263 e. The highest BCUT2D eigenvalue weighted by Crippen LogP contribution is 2.43. The van der Waals surface area contributed by atoms with Gasteiger partial charge in [-0.2, -0.15) is 0 Å². The summed E-state index contributed by atoms with van der Waals surface area (Å²) in [7, 11) is 4.39. The van der Waals surface area contributed by atoms with Crippen molar-refractivity contribution in [2.75, 3.05) is 14.1 Å². The summed E-state index contributed by atoms with van der Waals surface area (Å²) in [4.78, 5) is 0. The molecule has 0 amide bonds. The van der Waals surface area contributed by atoms with Crippen LogP contribution >= 0.6 is 23.2 Å². The van der Waals surface area contributed by atoms with Crippen molar-refractivity contribution >= 4 is 34.6 Å². The standard InChI is InChI=1S/C15H14Cl2N/c1-18(2)14-5-3-12(16)8-10(14)7-11-9-13(17)4-6-15(11)18/h3-6,8-9H,7H2,1-2H3/q+1. The lowest BCUT2D eigenvalue weighted by Crippen LogP contribution is -2.38. The molecule has 1 heterocycles. The van der Waals surface area contributed by atoms with Crippen molar-refractivity contribution in [3.8, 4) is 0 Å². The third-order valence-corrected chi connectivity index (χ3v) is 4.14. The van der Waals surface area contributed by atoms with Crippen LogP contribution in [0.5, 0.6) is 0 Å². The first-order chi connectivity index (χ1) is 8.48. The van der Waals surface area contributed by atoms with Crippen molar-refractivity contribution in [2.45, 2.75) is 6.42 Å². The first-order valence-electron chi connectivity index (χ1n) is 5.90. The first-order valence-corrected chi connectivity index (χ1v) is 6.66. The molecule has 0 N–H and O–H groups in total. The minimum absolute atomic E-state index is 0.735. The number of nitrogens with zero attached hydrogens (tertiary/aromatic N) is 1. The van der Waals surface area contributed by atoms with Crippen LogP contribution in [0.25, 0.3) is 0 Å². The summed E-state index contributed by atoms with van der Waals surface area (Å²) in [5, 5.41) is 1.58. The quantitative estimate of drug-likeness (QED) is 0.608. The lowest BCUT2D eigenvalue weighted by atomic mass is 9.94. The molecule has 0 aliphatic carbocycles. The van der Waals surface area contributed by atoms with Crippen LogP contribution in [0, 0.1) is 0 Å². The van der Waals surface area contributed by atoms with Crippen LogP contribution in [0.15, 0.2) is 36.4 Å². The molecule has 0 bridgehead atoms. The highest BCUT2D eigenvalue weighted by atomic mass is 35.5. The Morgan fingerprint density at radius 3 is 1.72 bits per heavy atom. The van der Waals surface area contributed by atoms with Crippen LogP contribution in [0.2, 0.25) is 10.0 Å². The van der Waals surface area contributed by atoms with Crippen LogP contribution in [-0.2, 0) is 6.42 Å². The van der Waals surface area contributed by atoms with Gasteiger partial charge in [-0.05, 0) is 24.3 Å². The Morgan fingerprint density at radius 2 is 1.28 bits per heavy atom. The first kappa shape index (κ1) is 12.0. The van der Waals surface area contributed by atoms with E-state index in [2.05, 4.69) is 38.4 Å². The van der Waals surface area contributed by atoms with Gasteiger partial charge in [-0.15, -0.1) is 0 Å². The SMILES string of the molecule is C[N+]1(C)c2ccc(Cl)cc2Cc2cc(Cl)ccc21. The molecular weight excluding hydrogens is 265 g/mol. The molecule has 0 unspecified atom stereocenters. The Bertz CT molecular complexity index is 579. The normalized spacial score (nSPS) is 16.0. The van der Waals surface area contributed by atoms with Gasteiger partial charge in [0, 0.05) is 39.7 Å². The Hall–Kier alpha value is -1.02. The van der Waals surface area contributed by atoms with Crippen molar-refractivity contribution in [1.82, 2.24) is 4.48 Å². The summed E-state index contributed by atoms with van der Waals surface area (Å²) >= 11 is 12.2. The third kappa shape index (κ3) is 1.74. The summed E-state index contributed by atoms with van der Waals surface area (Å²) in [5.74, 6) is 0. The Kier molecular flexibility index (Phi) is 2.67. The molecule has 0 spiro atoms. The zero-order valence-electron chi connectivity index (χ0n) is 10.4.